The smallest absolute Gasteiger partial charge is 0.185 e. The van der Waals surface area contributed by atoms with Crippen molar-refractivity contribution in [2.24, 2.45) is 7.05 Å². The van der Waals surface area contributed by atoms with Gasteiger partial charge in [0.15, 0.2) is 12.0 Å². The number of nitrogen functional groups attached to an aromatic ring is 1. The molecule has 2 N–H and O–H groups in total. The van der Waals surface area contributed by atoms with E-state index in [1.54, 1.807) is 6.07 Å². The van der Waals surface area contributed by atoms with Crippen molar-refractivity contribution in [2.45, 2.75) is 6.42 Å². The van der Waals surface area contributed by atoms with Crippen LogP contribution >= 0.6 is 0 Å². The Morgan fingerprint density at radius 1 is 1.32 bits per heavy atom. The highest BCUT2D eigenvalue weighted by Crippen LogP contribution is 2.24. The summed E-state index contributed by atoms with van der Waals surface area (Å²) in [5.41, 5.74) is 8.63. The highest BCUT2D eigenvalue weighted by molar-refractivity contribution is 5.81. The molecule has 4 nitrogen and oxygen atoms in total. The van der Waals surface area contributed by atoms with Gasteiger partial charge in [-0.2, -0.15) is 0 Å². The SMILES string of the molecule is Cn1c(Cc2oc(C=O)cc2N)cc2ccccc21. The second-order valence-corrected chi connectivity index (χ2v) is 4.58. The molecule has 0 amide bonds. The molecule has 19 heavy (non-hydrogen) atoms. The summed E-state index contributed by atoms with van der Waals surface area (Å²) in [6.45, 7) is 0. The molecule has 2 aromatic heterocycles. The first kappa shape index (κ1) is 11.6. The summed E-state index contributed by atoms with van der Waals surface area (Å²) in [7, 11) is 2.01. The molecule has 2 heterocycles. The van der Waals surface area contributed by atoms with Gasteiger partial charge in [-0.05, 0) is 17.5 Å². The van der Waals surface area contributed by atoms with E-state index in [1.165, 1.54) is 10.9 Å². The number of benzene rings is 1. The van der Waals surface area contributed by atoms with Gasteiger partial charge >= 0.3 is 0 Å². The third-order valence-corrected chi connectivity index (χ3v) is 3.37. The van der Waals surface area contributed by atoms with E-state index >= 15 is 0 Å². The van der Waals surface area contributed by atoms with Crippen LogP contribution in [0.1, 0.15) is 22.0 Å². The molecule has 0 saturated carbocycles. The zero-order valence-electron chi connectivity index (χ0n) is 10.6. The van der Waals surface area contributed by atoms with Crippen LogP contribution in [0.5, 0.6) is 0 Å². The summed E-state index contributed by atoms with van der Waals surface area (Å²) in [5.74, 6) is 0.902. The minimum atomic E-state index is 0.270. The highest BCUT2D eigenvalue weighted by atomic mass is 16.3. The van der Waals surface area contributed by atoms with E-state index < -0.39 is 0 Å². The molecule has 0 aliphatic heterocycles. The van der Waals surface area contributed by atoms with Crippen LogP contribution in [0, 0.1) is 0 Å². The van der Waals surface area contributed by atoms with Crippen molar-refractivity contribution in [2.75, 3.05) is 5.73 Å². The molecule has 0 aliphatic carbocycles. The van der Waals surface area contributed by atoms with Crippen LogP contribution in [-0.2, 0) is 13.5 Å². The van der Waals surface area contributed by atoms with Crippen LogP contribution in [0.15, 0.2) is 40.8 Å². The lowest BCUT2D eigenvalue weighted by Gasteiger charge is -2.03. The van der Waals surface area contributed by atoms with Crippen LogP contribution in [0.2, 0.25) is 0 Å². The monoisotopic (exact) mass is 254 g/mol. The number of hydrogen-bond donors (Lipinski definition) is 1. The Hall–Kier alpha value is -2.49. The number of carbonyl (C=O) groups excluding carboxylic acids is 1. The minimum absolute atomic E-state index is 0.270. The summed E-state index contributed by atoms with van der Waals surface area (Å²) in [4.78, 5) is 10.7. The molecule has 0 radical (unpaired) electrons. The van der Waals surface area contributed by atoms with Crippen molar-refractivity contribution in [1.82, 2.24) is 4.57 Å². The molecule has 3 aromatic rings. The first-order valence-electron chi connectivity index (χ1n) is 6.05. The van der Waals surface area contributed by atoms with Crippen LogP contribution in [0.4, 0.5) is 5.69 Å². The fourth-order valence-corrected chi connectivity index (χ4v) is 2.34. The zero-order chi connectivity index (χ0) is 13.4. The molecule has 1 aromatic carbocycles. The van der Waals surface area contributed by atoms with Gasteiger partial charge in [0.2, 0.25) is 0 Å². The van der Waals surface area contributed by atoms with Gasteiger partial charge in [-0.3, -0.25) is 4.79 Å². The highest BCUT2D eigenvalue weighted by Gasteiger charge is 2.12. The van der Waals surface area contributed by atoms with Crippen LogP contribution < -0.4 is 5.73 Å². The zero-order valence-corrected chi connectivity index (χ0v) is 10.6. The van der Waals surface area contributed by atoms with E-state index in [0.29, 0.717) is 24.2 Å². The Bertz CT molecular complexity index is 753. The maximum Gasteiger partial charge on any atom is 0.185 e. The first-order chi connectivity index (χ1) is 9.19. The largest absolute Gasteiger partial charge is 0.456 e. The van der Waals surface area contributed by atoms with E-state index in [4.69, 9.17) is 10.2 Å². The lowest BCUT2D eigenvalue weighted by molar-refractivity contribution is 0.109. The molecule has 3 rings (SSSR count). The van der Waals surface area contributed by atoms with E-state index in [0.717, 1.165) is 5.69 Å². The molecule has 0 saturated heterocycles. The predicted octanol–water partition coefficient (Wildman–Crippen LogP) is 2.76. The molecule has 0 fully saturated rings. The van der Waals surface area contributed by atoms with Crippen molar-refractivity contribution in [3.63, 3.8) is 0 Å². The van der Waals surface area contributed by atoms with Crippen molar-refractivity contribution < 1.29 is 9.21 Å². The third kappa shape index (κ3) is 1.91. The number of rotatable bonds is 3. The van der Waals surface area contributed by atoms with Gasteiger partial charge in [-0.25, -0.2) is 0 Å². The molecule has 0 aliphatic rings. The van der Waals surface area contributed by atoms with Crippen molar-refractivity contribution in [3.05, 3.63) is 53.6 Å². The number of para-hydroxylation sites is 1. The standard InChI is InChI=1S/C15H14N2O2/c1-17-11(6-10-4-2-3-5-14(10)17)7-15-13(16)8-12(9-18)19-15/h2-6,8-9H,7,16H2,1H3. The molecular formula is C15H14N2O2. The van der Waals surface area contributed by atoms with Gasteiger partial charge in [-0.15, -0.1) is 0 Å². The predicted molar refractivity (Wildman–Crippen MR) is 74.2 cm³/mol. The Balaban J connectivity index is 2.03. The van der Waals surface area contributed by atoms with Crippen molar-refractivity contribution in [1.29, 1.82) is 0 Å². The van der Waals surface area contributed by atoms with Gasteiger partial charge in [0.05, 0.1) is 5.69 Å². The normalized spacial score (nSPS) is 11.0. The van der Waals surface area contributed by atoms with Crippen LogP contribution in [-0.4, -0.2) is 10.9 Å². The Morgan fingerprint density at radius 2 is 2.11 bits per heavy atom. The molecule has 0 spiro atoms. The number of nitrogens with two attached hydrogens (primary N) is 1. The summed E-state index contributed by atoms with van der Waals surface area (Å²) < 4.78 is 7.52. The van der Waals surface area contributed by atoms with Gasteiger partial charge in [0.25, 0.3) is 0 Å². The number of carbonyl (C=O) groups is 1. The van der Waals surface area contributed by atoms with Crippen molar-refractivity contribution in [3.8, 4) is 0 Å². The van der Waals surface area contributed by atoms with Gasteiger partial charge in [0, 0.05) is 30.7 Å². The quantitative estimate of drug-likeness (QED) is 0.731. The molecule has 0 bridgehead atoms. The number of furan rings is 1. The van der Waals surface area contributed by atoms with Crippen molar-refractivity contribution >= 4 is 22.9 Å². The van der Waals surface area contributed by atoms with Crippen LogP contribution in [0.25, 0.3) is 10.9 Å². The fourth-order valence-electron chi connectivity index (χ4n) is 2.34. The minimum Gasteiger partial charge on any atom is -0.456 e. The Kier molecular flexibility index (Phi) is 2.63. The Morgan fingerprint density at radius 3 is 2.79 bits per heavy atom. The van der Waals surface area contributed by atoms with Crippen LogP contribution in [0.3, 0.4) is 0 Å². The second-order valence-electron chi connectivity index (χ2n) is 4.58. The number of anilines is 1. The number of aryl methyl sites for hydroxylation is 1. The van der Waals surface area contributed by atoms with Gasteiger partial charge in [-0.1, -0.05) is 18.2 Å². The van der Waals surface area contributed by atoms with E-state index in [-0.39, 0.29) is 5.76 Å². The lowest BCUT2D eigenvalue weighted by Crippen LogP contribution is -1.98. The number of nitrogens with zero attached hydrogens (tertiary/aromatic N) is 1. The molecule has 0 atom stereocenters. The summed E-state index contributed by atoms with van der Waals surface area (Å²) in [6.07, 6.45) is 1.24. The third-order valence-electron chi connectivity index (χ3n) is 3.37. The topological polar surface area (TPSA) is 61.2 Å². The molecule has 96 valence electrons. The number of hydrogen-bond acceptors (Lipinski definition) is 3. The average Bonchev–Trinajstić information content (AvgIpc) is 2.93. The summed E-state index contributed by atoms with van der Waals surface area (Å²) >= 11 is 0. The first-order valence-corrected chi connectivity index (χ1v) is 6.05. The van der Waals surface area contributed by atoms with E-state index in [2.05, 4.69) is 22.8 Å². The molecule has 0 unspecified atom stereocenters. The molecular weight excluding hydrogens is 240 g/mol. The molecule has 4 heteroatoms. The average molecular weight is 254 g/mol. The second kappa shape index (κ2) is 4.31. The fraction of sp³-hybridized carbons (Fsp3) is 0.133. The van der Waals surface area contributed by atoms with E-state index in [1.807, 2.05) is 19.2 Å². The lowest BCUT2D eigenvalue weighted by atomic mass is 10.2. The van der Waals surface area contributed by atoms with E-state index in [9.17, 15) is 4.79 Å². The maximum atomic E-state index is 10.7. The number of fused-ring (bicyclic) bond motifs is 1. The Labute approximate surface area is 110 Å². The summed E-state index contributed by atoms with van der Waals surface area (Å²) in [5, 5.41) is 1.18. The van der Waals surface area contributed by atoms with Gasteiger partial charge < -0.3 is 14.7 Å². The number of aldehydes is 1. The summed E-state index contributed by atoms with van der Waals surface area (Å²) in [6, 6.07) is 11.8. The van der Waals surface area contributed by atoms with Gasteiger partial charge in [0.1, 0.15) is 5.76 Å². The number of aromatic nitrogens is 1. The maximum absolute atomic E-state index is 10.7.